The molecule has 3 heteroatoms. The van der Waals surface area contributed by atoms with Crippen molar-refractivity contribution in [3.63, 3.8) is 0 Å². The van der Waals surface area contributed by atoms with E-state index < -0.39 is 0 Å². The molecule has 2 aliphatic carbocycles. The number of aliphatic imine (C=N–C) groups is 1. The van der Waals surface area contributed by atoms with E-state index >= 15 is 0 Å². The Kier molecular flexibility index (Phi) is 3.86. The third-order valence-corrected chi connectivity index (χ3v) is 5.05. The Hall–Kier alpha value is -1.60. The first-order valence-corrected chi connectivity index (χ1v) is 7.98. The summed E-state index contributed by atoms with van der Waals surface area (Å²) in [7, 11) is 0. The lowest BCUT2D eigenvalue weighted by atomic mass is 9.71. The predicted molar refractivity (Wildman–Crippen MR) is 82.4 cm³/mol. The minimum Gasteiger partial charge on any atom is -0.493 e. The summed E-state index contributed by atoms with van der Waals surface area (Å²) in [6.45, 7) is 4.96. The number of carbonyl (C=O) groups excluding carboxylic acids is 1. The summed E-state index contributed by atoms with van der Waals surface area (Å²) in [5.41, 5.74) is 3.06. The molecule has 0 spiro atoms. The quantitative estimate of drug-likeness (QED) is 0.601. The molecular weight excluding hydrogens is 262 g/mol. The van der Waals surface area contributed by atoms with Crippen LogP contribution in [0.3, 0.4) is 0 Å². The SMILES string of the molecule is Cc1cc(C)c(OCC2CCC2)c(C2(N=C=O)CCC2)c1. The molecule has 2 saturated carbocycles. The van der Waals surface area contributed by atoms with Gasteiger partial charge in [0.05, 0.1) is 6.61 Å². The van der Waals surface area contributed by atoms with Crippen LogP contribution < -0.4 is 4.74 Å². The minimum atomic E-state index is -0.381. The van der Waals surface area contributed by atoms with E-state index in [4.69, 9.17) is 4.74 Å². The molecule has 0 bridgehead atoms. The first-order valence-electron chi connectivity index (χ1n) is 7.98. The Morgan fingerprint density at radius 1 is 1.29 bits per heavy atom. The van der Waals surface area contributed by atoms with Crippen molar-refractivity contribution >= 4 is 6.08 Å². The standard InChI is InChI=1S/C18H23NO2/c1-13-9-14(2)17(21-11-15-5-3-6-15)16(10-13)18(19-12-20)7-4-8-18/h9-10,15H,3-8,11H2,1-2H3. The van der Waals surface area contributed by atoms with Gasteiger partial charge in [-0.1, -0.05) is 18.1 Å². The molecule has 1 aromatic carbocycles. The summed E-state index contributed by atoms with van der Waals surface area (Å²) < 4.78 is 6.17. The molecule has 0 saturated heterocycles. The average molecular weight is 285 g/mol. The minimum absolute atomic E-state index is 0.381. The number of hydrogen-bond donors (Lipinski definition) is 0. The molecule has 0 atom stereocenters. The second-order valence-corrected chi connectivity index (χ2v) is 6.65. The van der Waals surface area contributed by atoms with Gasteiger partial charge < -0.3 is 4.74 Å². The maximum atomic E-state index is 10.9. The molecule has 0 radical (unpaired) electrons. The van der Waals surface area contributed by atoms with Crippen molar-refractivity contribution < 1.29 is 9.53 Å². The van der Waals surface area contributed by atoms with Crippen LogP contribution in [0, 0.1) is 19.8 Å². The Balaban J connectivity index is 1.94. The van der Waals surface area contributed by atoms with Gasteiger partial charge in [-0.05, 0) is 63.5 Å². The zero-order valence-corrected chi connectivity index (χ0v) is 12.9. The summed E-state index contributed by atoms with van der Waals surface area (Å²) in [5.74, 6) is 1.65. The molecule has 0 heterocycles. The average Bonchev–Trinajstić information content (AvgIpc) is 2.34. The molecule has 3 rings (SSSR count). The van der Waals surface area contributed by atoms with Crippen molar-refractivity contribution in [1.82, 2.24) is 0 Å². The summed E-state index contributed by atoms with van der Waals surface area (Å²) in [5, 5.41) is 0. The Labute approximate surface area is 126 Å². The van der Waals surface area contributed by atoms with Crippen LogP contribution in [-0.2, 0) is 10.3 Å². The van der Waals surface area contributed by atoms with E-state index in [0.29, 0.717) is 5.92 Å². The van der Waals surface area contributed by atoms with Gasteiger partial charge in [0, 0.05) is 5.56 Å². The van der Waals surface area contributed by atoms with E-state index in [1.807, 2.05) is 0 Å². The summed E-state index contributed by atoms with van der Waals surface area (Å²) >= 11 is 0. The van der Waals surface area contributed by atoms with E-state index in [1.54, 1.807) is 6.08 Å². The maximum absolute atomic E-state index is 10.9. The zero-order chi connectivity index (χ0) is 14.9. The second-order valence-electron chi connectivity index (χ2n) is 6.65. The van der Waals surface area contributed by atoms with Crippen LogP contribution in [0.2, 0.25) is 0 Å². The smallest absolute Gasteiger partial charge is 0.235 e. The lowest BCUT2D eigenvalue weighted by Gasteiger charge is -2.39. The van der Waals surface area contributed by atoms with Gasteiger partial charge in [0.1, 0.15) is 11.3 Å². The van der Waals surface area contributed by atoms with Crippen LogP contribution in [-0.4, -0.2) is 12.7 Å². The highest BCUT2D eigenvalue weighted by atomic mass is 16.5. The molecular formula is C18H23NO2. The molecule has 21 heavy (non-hydrogen) atoms. The van der Waals surface area contributed by atoms with Crippen LogP contribution in [0.5, 0.6) is 5.75 Å². The fraction of sp³-hybridized carbons (Fsp3) is 0.611. The highest BCUT2D eigenvalue weighted by Crippen LogP contribution is 2.49. The number of rotatable bonds is 5. The van der Waals surface area contributed by atoms with Gasteiger partial charge in [-0.2, -0.15) is 4.99 Å². The summed E-state index contributed by atoms with van der Waals surface area (Å²) in [6.07, 6.45) is 8.61. The number of isocyanates is 1. The van der Waals surface area contributed by atoms with Crippen LogP contribution in [0.15, 0.2) is 17.1 Å². The van der Waals surface area contributed by atoms with Crippen LogP contribution in [0.25, 0.3) is 0 Å². The Morgan fingerprint density at radius 3 is 2.57 bits per heavy atom. The summed E-state index contributed by atoms with van der Waals surface area (Å²) in [6, 6.07) is 4.29. The van der Waals surface area contributed by atoms with Crippen molar-refractivity contribution in [3.05, 3.63) is 28.8 Å². The lowest BCUT2D eigenvalue weighted by molar-refractivity contribution is 0.170. The van der Waals surface area contributed by atoms with Gasteiger partial charge >= 0.3 is 0 Å². The second kappa shape index (κ2) is 5.65. The van der Waals surface area contributed by atoms with E-state index in [-0.39, 0.29) is 5.54 Å². The van der Waals surface area contributed by atoms with Crippen molar-refractivity contribution in [2.45, 2.75) is 57.9 Å². The Morgan fingerprint density at radius 2 is 2.05 bits per heavy atom. The fourth-order valence-electron chi connectivity index (χ4n) is 3.39. The number of hydrogen-bond acceptors (Lipinski definition) is 3. The van der Waals surface area contributed by atoms with Crippen molar-refractivity contribution in [2.24, 2.45) is 10.9 Å². The van der Waals surface area contributed by atoms with E-state index in [0.717, 1.165) is 42.7 Å². The van der Waals surface area contributed by atoms with Gasteiger partial charge in [0.15, 0.2) is 0 Å². The summed E-state index contributed by atoms with van der Waals surface area (Å²) in [4.78, 5) is 15.0. The van der Waals surface area contributed by atoms with Crippen molar-refractivity contribution in [1.29, 1.82) is 0 Å². The largest absolute Gasteiger partial charge is 0.493 e. The van der Waals surface area contributed by atoms with Crippen molar-refractivity contribution in [3.8, 4) is 5.75 Å². The zero-order valence-electron chi connectivity index (χ0n) is 12.9. The number of nitrogens with zero attached hydrogens (tertiary/aromatic N) is 1. The third-order valence-electron chi connectivity index (χ3n) is 5.05. The van der Waals surface area contributed by atoms with Crippen molar-refractivity contribution in [2.75, 3.05) is 6.61 Å². The van der Waals surface area contributed by atoms with Gasteiger partial charge in [0.25, 0.3) is 0 Å². The molecule has 2 aliphatic rings. The first-order chi connectivity index (χ1) is 10.1. The normalized spacial score (nSPS) is 20.1. The molecule has 0 N–H and O–H groups in total. The van der Waals surface area contributed by atoms with Gasteiger partial charge in [-0.25, -0.2) is 4.79 Å². The van der Waals surface area contributed by atoms with E-state index in [1.165, 1.54) is 24.8 Å². The molecule has 112 valence electrons. The van der Waals surface area contributed by atoms with Gasteiger partial charge in [-0.3, -0.25) is 0 Å². The van der Waals surface area contributed by atoms with Crippen LogP contribution in [0.1, 0.15) is 55.2 Å². The number of aryl methyl sites for hydroxylation is 2. The van der Waals surface area contributed by atoms with Crippen LogP contribution in [0.4, 0.5) is 0 Å². The van der Waals surface area contributed by atoms with Crippen LogP contribution >= 0.6 is 0 Å². The molecule has 1 aromatic rings. The molecule has 0 aliphatic heterocycles. The molecule has 0 aromatic heterocycles. The number of ether oxygens (including phenoxy) is 1. The lowest BCUT2D eigenvalue weighted by Crippen LogP contribution is -2.33. The highest BCUT2D eigenvalue weighted by molar-refractivity contribution is 5.50. The third kappa shape index (κ3) is 2.63. The molecule has 3 nitrogen and oxygen atoms in total. The first kappa shape index (κ1) is 14.3. The van der Waals surface area contributed by atoms with Gasteiger partial charge in [-0.15, -0.1) is 0 Å². The monoisotopic (exact) mass is 285 g/mol. The fourth-order valence-corrected chi connectivity index (χ4v) is 3.39. The number of benzene rings is 1. The highest BCUT2D eigenvalue weighted by Gasteiger charge is 2.41. The molecule has 0 unspecified atom stereocenters. The Bertz CT molecular complexity index is 579. The maximum Gasteiger partial charge on any atom is 0.235 e. The van der Waals surface area contributed by atoms with Gasteiger partial charge in [0.2, 0.25) is 6.08 Å². The molecule has 2 fully saturated rings. The van der Waals surface area contributed by atoms with E-state index in [2.05, 4.69) is 31.0 Å². The molecule has 0 amide bonds. The topological polar surface area (TPSA) is 38.7 Å². The van der Waals surface area contributed by atoms with E-state index in [9.17, 15) is 4.79 Å². The predicted octanol–water partition coefficient (Wildman–Crippen LogP) is 4.20.